The highest BCUT2D eigenvalue weighted by molar-refractivity contribution is 7.80. The fourth-order valence-electron chi connectivity index (χ4n) is 1.48. The Morgan fingerprint density at radius 3 is 2.71 bits per heavy atom. The Morgan fingerprint density at radius 1 is 1.24 bits per heavy atom. The first-order valence-electron chi connectivity index (χ1n) is 5.72. The molecule has 0 N–H and O–H groups in total. The summed E-state index contributed by atoms with van der Waals surface area (Å²) in [4.78, 5) is 0. The van der Waals surface area contributed by atoms with Crippen LogP contribution in [-0.4, -0.2) is 12.4 Å². The molecule has 0 saturated heterocycles. The van der Waals surface area contributed by atoms with Crippen LogP contribution in [-0.2, 0) is 0 Å². The zero-order chi connectivity index (χ0) is 12.5. The number of hydrogen-bond donors (Lipinski definition) is 1. The molecular weight excluding hydrogens is 237 g/mol. The molecule has 0 amide bonds. The highest BCUT2D eigenvalue weighted by Crippen LogP contribution is 2.20. The minimum atomic E-state index is -0.528. The molecule has 1 rings (SSSR count). The molecule has 0 fully saturated rings. The molecule has 0 atom stereocenters. The summed E-state index contributed by atoms with van der Waals surface area (Å²) in [5.74, 6) is 0.713. The van der Waals surface area contributed by atoms with Crippen LogP contribution in [0.5, 0.6) is 5.75 Å². The summed E-state index contributed by atoms with van der Waals surface area (Å²) >= 11 is 4.13. The van der Waals surface area contributed by atoms with E-state index in [2.05, 4.69) is 12.6 Å². The summed E-state index contributed by atoms with van der Waals surface area (Å²) in [7, 11) is 0. The molecule has 0 unspecified atom stereocenters. The molecule has 0 heterocycles. The van der Waals surface area contributed by atoms with E-state index in [0.29, 0.717) is 12.4 Å². The smallest absolute Gasteiger partial charge is 0.144 e. The summed E-state index contributed by atoms with van der Waals surface area (Å²) in [5, 5.41) is 8.79. The van der Waals surface area contributed by atoms with E-state index in [0.717, 1.165) is 31.4 Å². The molecule has 0 radical (unpaired) electrons. The molecule has 0 bridgehead atoms. The molecule has 1 aromatic rings. The molecular formula is C13H16FNOS. The van der Waals surface area contributed by atoms with Crippen LogP contribution >= 0.6 is 12.6 Å². The van der Waals surface area contributed by atoms with Gasteiger partial charge in [0.05, 0.1) is 6.61 Å². The van der Waals surface area contributed by atoms with Crippen LogP contribution in [0.3, 0.4) is 0 Å². The number of nitrogens with zero attached hydrogens (tertiary/aromatic N) is 1. The summed E-state index contributed by atoms with van der Waals surface area (Å²) < 4.78 is 18.6. The van der Waals surface area contributed by atoms with E-state index in [1.54, 1.807) is 12.1 Å². The van der Waals surface area contributed by atoms with Crippen LogP contribution in [0, 0.1) is 17.1 Å². The molecule has 4 heteroatoms. The number of ether oxygens (including phenoxy) is 1. The quantitative estimate of drug-likeness (QED) is 0.595. The monoisotopic (exact) mass is 253 g/mol. The molecule has 2 nitrogen and oxygen atoms in total. The normalized spacial score (nSPS) is 9.94. The predicted octanol–water partition coefficient (Wildman–Crippen LogP) is 3.57. The summed E-state index contributed by atoms with van der Waals surface area (Å²) in [5.41, 5.74) is -0.0112. The van der Waals surface area contributed by atoms with Gasteiger partial charge in [0.2, 0.25) is 0 Å². The Balaban J connectivity index is 2.37. The standard InChI is InChI=1S/C13H16FNOS/c14-12-6-5-7-13(11(12)10-15)16-8-3-1-2-4-9-17/h5-7,17H,1-4,8-9H2. The largest absolute Gasteiger partial charge is 0.492 e. The molecule has 92 valence electrons. The molecule has 0 saturated carbocycles. The Labute approximate surface area is 107 Å². The van der Waals surface area contributed by atoms with Crippen molar-refractivity contribution in [2.24, 2.45) is 0 Å². The van der Waals surface area contributed by atoms with Crippen LogP contribution in [0.25, 0.3) is 0 Å². The maximum atomic E-state index is 13.2. The van der Waals surface area contributed by atoms with E-state index in [9.17, 15) is 4.39 Å². The first-order valence-corrected chi connectivity index (χ1v) is 6.35. The first-order chi connectivity index (χ1) is 8.29. The lowest BCUT2D eigenvalue weighted by atomic mass is 10.2. The van der Waals surface area contributed by atoms with Crippen LogP contribution in [0.15, 0.2) is 18.2 Å². The van der Waals surface area contributed by atoms with Gasteiger partial charge in [-0.05, 0) is 30.7 Å². The van der Waals surface area contributed by atoms with Crippen molar-refractivity contribution < 1.29 is 9.13 Å². The highest BCUT2D eigenvalue weighted by Gasteiger charge is 2.08. The third-order valence-corrected chi connectivity index (χ3v) is 2.71. The van der Waals surface area contributed by atoms with Crippen LogP contribution in [0.4, 0.5) is 4.39 Å². The fourth-order valence-corrected chi connectivity index (χ4v) is 1.71. The number of hydrogen-bond acceptors (Lipinski definition) is 3. The average Bonchev–Trinajstić information content (AvgIpc) is 2.34. The Morgan fingerprint density at radius 2 is 2.00 bits per heavy atom. The minimum Gasteiger partial charge on any atom is -0.492 e. The van der Waals surface area contributed by atoms with Crippen LogP contribution in [0.2, 0.25) is 0 Å². The lowest BCUT2D eigenvalue weighted by Gasteiger charge is -2.07. The predicted molar refractivity (Wildman–Crippen MR) is 68.9 cm³/mol. The van der Waals surface area contributed by atoms with Crippen LogP contribution < -0.4 is 4.74 Å². The number of thiol groups is 1. The Kier molecular flexibility index (Phi) is 6.49. The summed E-state index contributed by atoms with van der Waals surface area (Å²) in [6.45, 7) is 0.519. The van der Waals surface area contributed by atoms with Gasteiger partial charge in [-0.1, -0.05) is 18.9 Å². The third kappa shape index (κ3) is 4.66. The second-order valence-corrected chi connectivity index (χ2v) is 4.16. The first kappa shape index (κ1) is 13.9. The van der Waals surface area contributed by atoms with E-state index in [4.69, 9.17) is 10.00 Å². The second kappa shape index (κ2) is 7.97. The molecule has 0 aliphatic rings. The lowest BCUT2D eigenvalue weighted by Crippen LogP contribution is -2.00. The van der Waals surface area contributed by atoms with Gasteiger partial charge < -0.3 is 4.74 Å². The van der Waals surface area contributed by atoms with Crippen molar-refractivity contribution in [2.75, 3.05) is 12.4 Å². The SMILES string of the molecule is N#Cc1c(F)cccc1OCCCCCCS. The second-order valence-electron chi connectivity index (χ2n) is 3.71. The number of rotatable bonds is 7. The van der Waals surface area contributed by atoms with Crippen LogP contribution in [0.1, 0.15) is 31.2 Å². The van der Waals surface area contributed by atoms with Crippen molar-refractivity contribution in [1.82, 2.24) is 0 Å². The van der Waals surface area contributed by atoms with Crippen molar-refractivity contribution in [2.45, 2.75) is 25.7 Å². The van der Waals surface area contributed by atoms with Crippen molar-refractivity contribution in [3.05, 3.63) is 29.6 Å². The highest BCUT2D eigenvalue weighted by atomic mass is 32.1. The fraction of sp³-hybridized carbons (Fsp3) is 0.462. The van der Waals surface area contributed by atoms with E-state index in [1.165, 1.54) is 6.07 Å². The Bertz CT molecular complexity index is 389. The van der Waals surface area contributed by atoms with E-state index >= 15 is 0 Å². The third-order valence-electron chi connectivity index (χ3n) is 2.40. The molecule has 0 spiro atoms. The number of nitriles is 1. The zero-order valence-electron chi connectivity index (χ0n) is 9.66. The van der Waals surface area contributed by atoms with E-state index in [-0.39, 0.29) is 5.56 Å². The van der Waals surface area contributed by atoms with Crippen molar-refractivity contribution >= 4 is 12.6 Å². The molecule has 1 aromatic carbocycles. The Hall–Kier alpha value is -1.21. The minimum absolute atomic E-state index is 0.0112. The van der Waals surface area contributed by atoms with Crippen molar-refractivity contribution in [3.63, 3.8) is 0 Å². The summed E-state index contributed by atoms with van der Waals surface area (Å²) in [6.07, 6.45) is 4.21. The summed E-state index contributed by atoms with van der Waals surface area (Å²) in [6, 6.07) is 6.25. The van der Waals surface area contributed by atoms with Gasteiger partial charge in [0.1, 0.15) is 23.2 Å². The van der Waals surface area contributed by atoms with Gasteiger partial charge in [0.25, 0.3) is 0 Å². The molecule has 0 aliphatic carbocycles. The molecule has 17 heavy (non-hydrogen) atoms. The van der Waals surface area contributed by atoms with Crippen molar-refractivity contribution in [3.8, 4) is 11.8 Å². The number of halogens is 1. The van der Waals surface area contributed by atoms with Gasteiger partial charge in [-0.15, -0.1) is 0 Å². The topological polar surface area (TPSA) is 33.0 Å². The zero-order valence-corrected chi connectivity index (χ0v) is 10.5. The van der Waals surface area contributed by atoms with Gasteiger partial charge in [-0.2, -0.15) is 17.9 Å². The molecule has 0 aromatic heterocycles. The van der Waals surface area contributed by atoms with Gasteiger partial charge >= 0.3 is 0 Å². The average molecular weight is 253 g/mol. The number of unbranched alkanes of at least 4 members (excludes halogenated alkanes) is 3. The van der Waals surface area contributed by atoms with Crippen molar-refractivity contribution in [1.29, 1.82) is 5.26 Å². The maximum Gasteiger partial charge on any atom is 0.144 e. The van der Waals surface area contributed by atoms with Gasteiger partial charge in [-0.25, -0.2) is 4.39 Å². The molecule has 0 aliphatic heterocycles. The maximum absolute atomic E-state index is 13.2. The van der Waals surface area contributed by atoms with Gasteiger partial charge in [-0.3, -0.25) is 0 Å². The number of benzene rings is 1. The van der Waals surface area contributed by atoms with Gasteiger partial charge in [0, 0.05) is 0 Å². The lowest BCUT2D eigenvalue weighted by molar-refractivity contribution is 0.302. The van der Waals surface area contributed by atoms with Gasteiger partial charge in [0.15, 0.2) is 0 Å². The van der Waals surface area contributed by atoms with E-state index < -0.39 is 5.82 Å². The van der Waals surface area contributed by atoms with E-state index in [1.807, 2.05) is 6.07 Å².